The van der Waals surface area contributed by atoms with Crippen LogP contribution in [0.4, 0.5) is 0 Å². The summed E-state index contributed by atoms with van der Waals surface area (Å²) in [5.41, 5.74) is 11.7. The minimum absolute atomic E-state index is 0.570. The van der Waals surface area contributed by atoms with Gasteiger partial charge in [0.2, 0.25) is 0 Å². The molecule has 2 N–H and O–H groups in total. The Balaban J connectivity index is 2.01. The third kappa shape index (κ3) is 3.62. The number of nitrogens with two attached hydrogens (primary N) is 1. The highest BCUT2D eigenvalue weighted by atomic mass is 14.7. The topological polar surface area (TPSA) is 51.8 Å². The summed E-state index contributed by atoms with van der Waals surface area (Å²) < 4.78 is 0. The van der Waals surface area contributed by atoms with Gasteiger partial charge in [-0.15, -0.1) is 0 Å². The molecule has 1 aromatic carbocycles. The van der Waals surface area contributed by atoms with Gasteiger partial charge in [-0.05, 0) is 78.7 Å². The third-order valence-corrected chi connectivity index (χ3v) is 4.56. The molecule has 0 spiro atoms. The number of aryl methyl sites for hydroxylation is 1. The molecule has 2 heterocycles. The Bertz CT molecular complexity index is 812. The van der Waals surface area contributed by atoms with Gasteiger partial charge in [0.15, 0.2) is 0 Å². The Morgan fingerprint density at radius 2 is 1.83 bits per heavy atom. The Kier molecular flexibility index (Phi) is 5.21. The molecule has 0 fully saturated rings. The zero-order valence-corrected chi connectivity index (χ0v) is 14.5. The summed E-state index contributed by atoms with van der Waals surface area (Å²) in [7, 11) is 0. The highest BCUT2D eigenvalue weighted by molar-refractivity contribution is 5.87. The number of fused-ring (bicyclic) bond motifs is 1. The molecule has 3 rings (SSSR count). The third-order valence-electron chi connectivity index (χ3n) is 4.56. The molecular formula is C21H25N3. The molecule has 0 saturated heterocycles. The van der Waals surface area contributed by atoms with Gasteiger partial charge in [0, 0.05) is 23.5 Å². The van der Waals surface area contributed by atoms with Crippen molar-refractivity contribution >= 4 is 10.9 Å². The van der Waals surface area contributed by atoms with Gasteiger partial charge in [-0.2, -0.15) is 0 Å². The zero-order valence-electron chi connectivity index (χ0n) is 14.5. The Labute approximate surface area is 144 Å². The molecule has 1 unspecified atom stereocenters. The molecule has 124 valence electrons. The van der Waals surface area contributed by atoms with Crippen molar-refractivity contribution in [1.29, 1.82) is 0 Å². The standard InChI is InChI=1S/C21H25N3/c1-3-16-13-19(12-15(2)6-9-22)24-21-5-4-18(14-20(16)21)17-7-10-23-11-8-17/h4-5,7-8,10-11,13-15H,3,6,9,12,22H2,1-2H3. The summed E-state index contributed by atoms with van der Waals surface area (Å²) in [6.45, 7) is 5.20. The van der Waals surface area contributed by atoms with E-state index in [1.165, 1.54) is 27.8 Å². The molecule has 24 heavy (non-hydrogen) atoms. The molecule has 3 heteroatoms. The largest absolute Gasteiger partial charge is 0.330 e. The second-order valence-corrected chi connectivity index (χ2v) is 6.48. The molecule has 0 amide bonds. The average molecular weight is 319 g/mol. The van der Waals surface area contributed by atoms with E-state index in [2.05, 4.69) is 43.1 Å². The molecule has 0 bridgehead atoms. The Morgan fingerprint density at radius 1 is 1.04 bits per heavy atom. The summed E-state index contributed by atoms with van der Waals surface area (Å²) in [6, 6.07) is 12.9. The van der Waals surface area contributed by atoms with Crippen LogP contribution in [0.1, 0.15) is 31.5 Å². The molecule has 0 aliphatic heterocycles. The van der Waals surface area contributed by atoms with Crippen LogP contribution in [0.2, 0.25) is 0 Å². The van der Waals surface area contributed by atoms with Crippen molar-refractivity contribution in [3.8, 4) is 11.1 Å². The molecule has 0 radical (unpaired) electrons. The lowest BCUT2D eigenvalue weighted by Crippen LogP contribution is -2.09. The summed E-state index contributed by atoms with van der Waals surface area (Å²) in [4.78, 5) is 8.99. The smallest absolute Gasteiger partial charge is 0.0708 e. The number of aromatic nitrogens is 2. The Hall–Kier alpha value is -2.26. The maximum absolute atomic E-state index is 5.68. The van der Waals surface area contributed by atoms with Crippen LogP contribution in [-0.4, -0.2) is 16.5 Å². The van der Waals surface area contributed by atoms with Crippen molar-refractivity contribution in [1.82, 2.24) is 9.97 Å². The van der Waals surface area contributed by atoms with E-state index in [0.717, 1.165) is 31.3 Å². The second kappa shape index (κ2) is 7.54. The normalized spacial score (nSPS) is 12.5. The van der Waals surface area contributed by atoms with Crippen molar-refractivity contribution < 1.29 is 0 Å². The summed E-state index contributed by atoms with van der Waals surface area (Å²) >= 11 is 0. The van der Waals surface area contributed by atoms with Crippen molar-refractivity contribution in [2.24, 2.45) is 11.7 Å². The van der Waals surface area contributed by atoms with Crippen LogP contribution in [0.25, 0.3) is 22.0 Å². The molecule has 0 aliphatic carbocycles. The fraction of sp³-hybridized carbons (Fsp3) is 0.333. The number of pyridine rings is 2. The van der Waals surface area contributed by atoms with E-state index in [1.807, 2.05) is 24.5 Å². The number of nitrogens with zero attached hydrogens (tertiary/aromatic N) is 2. The number of benzene rings is 1. The number of hydrogen-bond acceptors (Lipinski definition) is 3. The lowest BCUT2D eigenvalue weighted by molar-refractivity contribution is 0.532. The highest BCUT2D eigenvalue weighted by Crippen LogP contribution is 2.27. The fourth-order valence-corrected chi connectivity index (χ4v) is 3.22. The first-order valence-corrected chi connectivity index (χ1v) is 8.74. The van der Waals surface area contributed by atoms with Gasteiger partial charge in [-0.1, -0.05) is 19.9 Å². The predicted octanol–water partition coefficient (Wildman–Crippen LogP) is 4.39. The van der Waals surface area contributed by atoms with Crippen LogP contribution in [-0.2, 0) is 12.8 Å². The van der Waals surface area contributed by atoms with Crippen LogP contribution in [0.3, 0.4) is 0 Å². The maximum atomic E-state index is 5.68. The minimum atomic E-state index is 0.570. The van der Waals surface area contributed by atoms with Gasteiger partial charge < -0.3 is 5.73 Å². The lowest BCUT2D eigenvalue weighted by atomic mass is 9.96. The van der Waals surface area contributed by atoms with Crippen LogP contribution < -0.4 is 5.73 Å². The van der Waals surface area contributed by atoms with Crippen molar-refractivity contribution in [3.63, 3.8) is 0 Å². The summed E-state index contributed by atoms with van der Waals surface area (Å²) in [5, 5.41) is 1.25. The number of rotatable bonds is 6. The van der Waals surface area contributed by atoms with E-state index >= 15 is 0 Å². The Morgan fingerprint density at radius 3 is 2.54 bits per heavy atom. The van der Waals surface area contributed by atoms with E-state index < -0.39 is 0 Å². The van der Waals surface area contributed by atoms with Crippen molar-refractivity contribution in [2.45, 2.75) is 33.1 Å². The van der Waals surface area contributed by atoms with Gasteiger partial charge in [0.05, 0.1) is 5.52 Å². The van der Waals surface area contributed by atoms with Gasteiger partial charge in [-0.25, -0.2) is 0 Å². The zero-order chi connectivity index (χ0) is 16.9. The summed E-state index contributed by atoms with van der Waals surface area (Å²) in [5.74, 6) is 0.570. The monoisotopic (exact) mass is 319 g/mol. The van der Waals surface area contributed by atoms with E-state index in [-0.39, 0.29) is 0 Å². The molecule has 0 aliphatic rings. The van der Waals surface area contributed by atoms with Gasteiger partial charge in [0.1, 0.15) is 0 Å². The molecular weight excluding hydrogens is 294 g/mol. The van der Waals surface area contributed by atoms with Crippen LogP contribution in [0, 0.1) is 5.92 Å². The van der Waals surface area contributed by atoms with Crippen LogP contribution in [0.5, 0.6) is 0 Å². The molecule has 0 saturated carbocycles. The first-order valence-electron chi connectivity index (χ1n) is 8.74. The highest BCUT2D eigenvalue weighted by Gasteiger charge is 2.09. The predicted molar refractivity (Wildman–Crippen MR) is 101 cm³/mol. The fourth-order valence-electron chi connectivity index (χ4n) is 3.22. The van der Waals surface area contributed by atoms with Gasteiger partial charge in [0.25, 0.3) is 0 Å². The van der Waals surface area contributed by atoms with E-state index in [0.29, 0.717) is 5.92 Å². The van der Waals surface area contributed by atoms with Gasteiger partial charge >= 0.3 is 0 Å². The van der Waals surface area contributed by atoms with E-state index in [1.54, 1.807) is 0 Å². The number of hydrogen-bond donors (Lipinski definition) is 1. The van der Waals surface area contributed by atoms with Crippen molar-refractivity contribution in [2.75, 3.05) is 6.54 Å². The van der Waals surface area contributed by atoms with Crippen LogP contribution >= 0.6 is 0 Å². The molecule has 3 aromatic rings. The first kappa shape index (κ1) is 16.6. The molecule has 2 aromatic heterocycles. The summed E-state index contributed by atoms with van der Waals surface area (Å²) in [6.07, 6.45) is 6.71. The maximum Gasteiger partial charge on any atom is 0.0708 e. The van der Waals surface area contributed by atoms with Crippen molar-refractivity contribution in [3.05, 3.63) is 60.0 Å². The quantitative estimate of drug-likeness (QED) is 0.733. The van der Waals surface area contributed by atoms with Crippen LogP contribution in [0.15, 0.2) is 48.8 Å². The lowest BCUT2D eigenvalue weighted by Gasteiger charge is -2.13. The second-order valence-electron chi connectivity index (χ2n) is 6.48. The molecule has 1 atom stereocenters. The molecule has 3 nitrogen and oxygen atoms in total. The minimum Gasteiger partial charge on any atom is -0.330 e. The average Bonchev–Trinajstić information content (AvgIpc) is 2.61. The van der Waals surface area contributed by atoms with E-state index in [4.69, 9.17) is 10.7 Å². The van der Waals surface area contributed by atoms with E-state index in [9.17, 15) is 0 Å². The van der Waals surface area contributed by atoms with Gasteiger partial charge in [-0.3, -0.25) is 9.97 Å². The first-order chi connectivity index (χ1) is 11.7. The SMILES string of the molecule is CCc1cc(CC(C)CCN)nc2ccc(-c3ccncc3)cc12.